The van der Waals surface area contributed by atoms with Gasteiger partial charge in [-0.2, -0.15) is 0 Å². The number of piperidine rings is 1. The van der Waals surface area contributed by atoms with Crippen molar-refractivity contribution in [2.75, 3.05) is 31.2 Å². The maximum atomic E-state index is 12.5. The molecule has 3 heterocycles. The second-order valence-corrected chi connectivity index (χ2v) is 7.63. The molecule has 0 atom stereocenters. The molecule has 1 N–H and O–H groups in total. The molecule has 2 aliphatic rings. The number of aromatic nitrogens is 1. The number of carbonyl (C=O) groups excluding carboxylic acids is 1. The van der Waals surface area contributed by atoms with Crippen LogP contribution in [0.5, 0.6) is 0 Å². The van der Waals surface area contributed by atoms with Crippen molar-refractivity contribution in [1.29, 1.82) is 0 Å². The summed E-state index contributed by atoms with van der Waals surface area (Å²) in [5.41, 5.74) is 1.07. The molecule has 2 saturated heterocycles. The molecule has 0 unspecified atom stereocenters. The molecule has 4 rings (SSSR count). The molecule has 2 aliphatic heterocycles. The Morgan fingerprint density at radius 2 is 1.92 bits per heavy atom. The molecule has 0 radical (unpaired) electrons. The first-order valence-corrected chi connectivity index (χ1v) is 9.60. The van der Waals surface area contributed by atoms with Crippen LogP contribution in [0, 0.1) is 5.92 Å². The van der Waals surface area contributed by atoms with Crippen molar-refractivity contribution in [2.24, 2.45) is 5.92 Å². The SMILES string of the molecule is O=C(NC1CCOCC1)C1CCN(c2nc3ccccc3s2)CC1. The number of nitrogens with zero attached hydrogens (tertiary/aromatic N) is 2. The number of nitrogens with one attached hydrogen (secondary N) is 1. The minimum absolute atomic E-state index is 0.137. The Morgan fingerprint density at radius 1 is 1.17 bits per heavy atom. The Hall–Kier alpha value is -1.66. The molecule has 1 aromatic heterocycles. The lowest BCUT2D eigenvalue weighted by Crippen LogP contribution is -2.45. The highest BCUT2D eigenvalue weighted by Gasteiger charge is 2.28. The number of hydrogen-bond donors (Lipinski definition) is 1. The number of fused-ring (bicyclic) bond motifs is 1. The predicted molar refractivity (Wildman–Crippen MR) is 96.5 cm³/mol. The quantitative estimate of drug-likeness (QED) is 0.929. The van der Waals surface area contributed by atoms with Gasteiger partial charge in [0.1, 0.15) is 0 Å². The number of para-hydroxylation sites is 1. The monoisotopic (exact) mass is 345 g/mol. The third kappa shape index (κ3) is 3.39. The second kappa shape index (κ2) is 7.07. The minimum Gasteiger partial charge on any atom is -0.381 e. The van der Waals surface area contributed by atoms with Crippen LogP contribution < -0.4 is 10.2 Å². The zero-order valence-electron chi connectivity index (χ0n) is 13.7. The molecule has 5 nitrogen and oxygen atoms in total. The molecular weight excluding hydrogens is 322 g/mol. The highest BCUT2D eigenvalue weighted by atomic mass is 32.1. The van der Waals surface area contributed by atoms with E-state index in [-0.39, 0.29) is 11.8 Å². The molecule has 0 bridgehead atoms. The summed E-state index contributed by atoms with van der Waals surface area (Å²) in [5.74, 6) is 0.365. The number of benzene rings is 1. The number of rotatable bonds is 3. The van der Waals surface area contributed by atoms with Crippen molar-refractivity contribution in [3.63, 3.8) is 0 Å². The van der Waals surface area contributed by atoms with Gasteiger partial charge in [0.05, 0.1) is 10.2 Å². The highest BCUT2D eigenvalue weighted by Crippen LogP contribution is 2.31. The molecule has 1 aromatic carbocycles. The third-order valence-electron chi connectivity index (χ3n) is 4.99. The van der Waals surface area contributed by atoms with Crippen molar-refractivity contribution in [2.45, 2.75) is 31.7 Å². The fraction of sp³-hybridized carbons (Fsp3) is 0.556. The van der Waals surface area contributed by atoms with Crippen LogP contribution in [0.1, 0.15) is 25.7 Å². The number of ether oxygens (including phenoxy) is 1. The minimum atomic E-state index is 0.137. The lowest BCUT2D eigenvalue weighted by molar-refractivity contribution is -0.126. The van der Waals surface area contributed by atoms with Gasteiger partial charge in [-0.15, -0.1) is 0 Å². The van der Waals surface area contributed by atoms with Crippen molar-refractivity contribution in [3.8, 4) is 0 Å². The summed E-state index contributed by atoms with van der Waals surface area (Å²) in [6, 6.07) is 8.55. The Morgan fingerprint density at radius 3 is 2.67 bits per heavy atom. The van der Waals surface area contributed by atoms with Crippen LogP contribution in [0.2, 0.25) is 0 Å². The van der Waals surface area contributed by atoms with Gasteiger partial charge in [-0.3, -0.25) is 4.79 Å². The maximum Gasteiger partial charge on any atom is 0.223 e. The van der Waals surface area contributed by atoms with Gasteiger partial charge in [-0.25, -0.2) is 4.98 Å². The van der Waals surface area contributed by atoms with Crippen molar-refractivity contribution < 1.29 is 9.53 Å². The van der Waals surface area contributed by atoms with Gasteiger partial charge in [0.25, 0.3) is 0 Å². The van der Waals surface area contributed by atoms with Gasteiger partial charge in [-0.1, -0.05) is 23.5 Å². The van der Waals surface area contributed by atoms with Crippen molar-refractivity contribution in [3.05, 3.63) is 24.3 Å². The van der Waals surface area contributed by atoms with E-state index in [2.05, 4.69) is 28.4 Å². The van der Waals surface area contributed by atoms with E-state index in [4.69, 9.17) is 9.72 Å². The van der Waals surface area contributed by atoms with Gasteiger partial charge in [-0.05, 0) is 37.8 Å². The summed E-state index contributed by atoms with van der Waals surface area (Å²) in [5, 5.41) is 4.30. The van der Waals surface area contributed by atoms with Crippen LogP contribution in [0.4, 0.5) is 5.13 Å². The van der Waals surface area contributed by atoms with Gasteiger partial charge in [0, 0.05) is 38.3 Å². The van der Waals surface area contributed by atoms with Gasteiger partial charge in [0.2, 0.25) is 5.91 Å². The van der Waals surface area contributed by atoms with Gasteiger partial charge < -0.3 is 15.0 Å². The summed E-state index contributed by atoms with van der Waals surface area (Å²) >= 11 is 1.74. The van der Waals surface area contributed by atoms with E-state index < -0.39 is 0 Å². The molecule has 0 saturated carbocycles. The van der Waals surface area contributed by atoms with E-state index in [9.17, 15) is 4.79 Å². The average molecular weight is 345 g/mol. The molecule has 2 aromatic rings. The first-order valence-electron chi connectivity index (χ1n) is 8.78. The number of amides is 1. The Bertz CT molecular complexity index is 670. The molecule has 128 valence electrons. The standard InChI is InChI=1S/C18H23N3O2S/c22-17(19-14-7-11-23-12-8-14)13-5-9-21(10-6-13)18-20-15-3-1-2-4-16(15)24-18/h1-4,13-14H,5-12H2,(H,19,22). The molecule has 24 heavy (non-hydrogen) atoms. The molecular formula is C18H23N3O2S. The molecule has 6 heteroatoms. The van der Waals surface area contributed by atoms with E-state index in [1.165, 1.54) is 4.70 Å². The first kappa shape index (κ1) is 15.8. The Kier molecular flexibility index (Phi) is 4.67. The molecule has 0 spiro atoms. The van der Waals surface area contributed by atoms with Crippen LogP contribution in [-0.2, 0) is 9.53 Å². The summed E-state index contributed by atoms with van der Waals surface area (Å²) < 4.78 is 6.58. The smallest absolute Gasteiger partial charge is 0.223 e. The summed E-state index contributed by atoms with van der Waals surface area (Å²) in [4.78, 5) is 19.5. The maximum absolute atomic E-state index is 12.5. The summed E-state index contributed by atoms with van der Waals surface area (Å²) in [7, 11) is 0. The van der Waals surface area contributed by atoms with Gasteiger partial charge in [0.15, 0.2) is 5.13 Å². The van der Waals surface area contributed by atoms with Crippen LogP contribution >= 0.6 is 11.3 Å². The number of hydrogen-bond acceptors (Lipinski definition) is 5. The summed E-state index contributed by atoms with van der Waals surface area (Å²) in [6.45, 7) is 3.35. The average Bonchev–Trinajstić information content (AvgIpc) is 3.07. The molecule has 2 fully saturated rings. The number of thiazole rings is 1. The predicted octanol–water partition coefficient (Wildman–Crippen LogP) is 2.81. The molecule has 1 amide bonds. The fourth-order valence-corrected chi connectivity index (χ4v) is 4.51. The molecule has 0 aliphatic carbocycles. The second-order valence-electron chi connectivity index (χ2n) is 6.62. The van der Waals surface area contributed by atoms with Crippen LogP contribution in [0.15, 0.2) is 24.3 Å². The Balaban J connectivity index is 1.33. The normalized spacial score (nSPS) is 20.4. The Labute approximate surface area is 146 Å². The van der Waals surface area contributed by atoms with Gasteiger partial charge >= 0.3 is 0 Å². The van der Waals surface area contributed by atoms with E-state index in [1.807, 2.05) is 6.07 Å². The summed E-state index contributed by atoms with van der Waals surface area (Å²) in [6.07, 6.45) is 3.70. The zero-order valence-corrected chi connectivity index (χ0v) is 14.6. The zero-order chi connectivity index (χ0) is 16.4. The van der Waals surface area contributed by atoms with E-state index in [0.717, 1.165) is 62.6 Å². The topological polar surface area (TPSA) is 54.5 Å². The van der Waals surface area contributed by atoms with E-state index in [0.29, 0.717) is 6.04 Å². The lowest BCUT2D eigenvalue weighted by atomic mass is 9.95. The van der Waals surface area contributed by atoms with Crippen molar-refractivity contribution >= 4 is 32.6 Å². The third-order valence-corrected chi connectivity index (χ3v) is 6.08. The lowest BCUT2D eigenvalue weighted by Gasteiger charge is -2.32. The van der Waals surface area contributed by atoms with E-state index in [1.54, 1.807) is 11.3 Å². The van der Waals surface area contributed by atoms with Crippen LogP contribution in [-0.4, -0.2) is 43.2 Å². The van der Waals surface area contributed by atoms with E-state index >= 15 is 0 Å². The van der Waals surface area contributed by atoms with Crippen molar-refractivity contribution in [1.82, 2.24) is 10.3 Å². The fourth-order valence-electron chi connectivity index (χ4n) is 3.49. The van der Waals surface area contributed by atoms with Crippen LogP contribution in [0.3, 0.4) is 0 Å². The highest BCUT2D eigenvalue weighted by molar-refractivity contribution is 7.22. The first-order chi connectivity index (χ1) is 11.8. The number of carbonyl (C=O) groups is 1. The number of anilines is 1. The van der Waals surface area contributed by atoms with Crippen LogP contribution in [0.25, 0.3) is 10.2 Å². The largest absolute Gasteiger partial charge is 0.381 e.